The Hall–Kier alpha value is -2.01. The SMILES string of the molecule is CC1(C)[C@H]2CC[C@@]1(C)[C@](O)(c1nc3ccccc3nc1C(N)=O)C2. The Morgan fingerprint density at radius 1 is 1.21 bits per heavy atom. The van der Waals surface area contributed by atoms with Gasteiger partial charge in [-0.25, -0.2) is 9.97 Å². The Morgan fingerprint density at radius 3 is 2.33 bits per heavy atom. The van der Waals surface area contributed by atoms with Gasteiger partial charge < -0.3 is 10.8 Å². The Balaban J connectivity index is 2.00. The molecule has 1 heterocycles. The molecule has 0 radical (unpaired) electrons. The van der Waals surface area contributed by atoms with E-state index < -0.39 is 11.5 Å². The average molecular weight is 325 g/mol. The van der Waals surface area contributed by atoms with Gasteiger partial charge in [0, 0.05) is 5.41 Å². The number of benzene rings is 1. The van der Waals surface area contributed by atoms with Crippen LogP contribution in [-0.2, 0) is 5.60 Å². The maximum Gasteiger partial charge on any atom is 0.269 e. The number of nitrogens with zero attached hydrogens (tertiary/aromatic N) is 2. The molecule has 1 aromatic carbocycles. The number of carbonyl (C=O) groups is 1. The molecule has 2 aliphatic rings. The van der Waals surface area contributed by atoms with E-state index in [4.69, 9.17) is 5.73 Å². The van der Waals surface area contributed by atoms with Gasteiger partial charge >= 0.3 is 0 Å². The molecule has 0 saturated heterocycles. The first-order chi connectivity index (χ1) is 11.2. The Bertz CT molecular complexity index is 863. The fraction of sp³-hybridized carbons (Fsp3) is 0.526. The van der Waals surface area contributed by atoms with E-state index >= 15 is 0 Å². The molecule has 5 nitrogen and oxygen atoms in total. The van der Waals surface area contributed by atoms with Crippen molar-refractivity contribution >= 4 is 16.9 Å². The first kappa shape index (κ1) is 15.5. The first-order valence-electron chi connectivity index (χ1n) is 8.50. The number of nitrogens with two attached hydrogens (primary N) is 1. The molecule has 24 heavy (non-hydrogen) atoms. The van der Waals surface area contributed by atoms with Gasteiger partial charge in [0.05, 0.1) is 11.0 Å². The number of amides is 1. The van der Waals surface area contributed by atoms with E-state index in [9.17, 15) is 9.90 Å². The number of aliphatic hydroxyl groups is 1. The van der Waals surface area contributed by atoms with Crippen LogP contribution in [-0.4, -0.2) is 21.0 Å². The van der Waals surface area contributed by atoms with Gasteiger partial charge in [-0.1, -0.05) is 32.9 Å². The maximum absolute atomic E-state index is 12.0. The lowest BCUT2D eigenvalue weighted by atomic mass is 9.63. The highest BCUT2D eigenvalue weighted by Crippen LogP contribution is 2.72. The predicted octanol–water partition coefficient (Wildman–Crippen LogP) is 2.76. The smallest absolute Gasteiger partial charge is 0.269 e. The Labute approximate surface area is 141 Å². The van der Waals surface area contributed by atoms with Crippen LogP contribution in [0, 0.1) is 16.7 Å². The highest BCUT2D eigenvalue weighted by Gasteiger charge is 2.70. The molecular weight excluding hydrogens is 302 g/mol. The van der Waals surface area contributed by atoms with Crippen molar-refractivity contribution in [3.05, 3.63) is 35.7 Å². The van der Waals surface area contributed by atoms with E-state index in [1.54, 1.807) is 6.07 Å². The Kier molecular flexibility index (Phi) is 2.93. The summed E-state index contributed by atoms with van der Waals surface area (Å²) in [5.41, 5.74) is 5.77. The van der Waals surface area contributed by atoms with Crippen LogP contribution >= 0.6 is 0 Å². The summed E-state index contributed by atoms with van der Waals surface area (Å²) in [6, 6.07) is 7.37. The van der Waals surface area contributed by atoms with E-state index in [1.807, 2.05) is 18.2 Å². The van der Waals surface area contributed by atoms with Crippen molar-refractivity contribution in [3.8, 4) is 0 Å². The standard InChI is InChI=1S/C19H23N3O2/c1-17(2)11-8-9-18(17,3)19(24,10-11)15-14(16(20)23)21-12-6-4-5-7-13(12)22-15/h4-7,11,24H,8-10H2,1-3H3,(H2,20,23)/t11-,18+,19+/m0/s1. The molecule has 4 rings (SSSR count). The van der Waals surface area contributed by atoms with Crippen LogP contribution in [0.25, 0.3) is 11.0 Å². The summed E-state index contributed by atoms with van der Waals surface area (Å²) in [5, 5.41) is 11.7. The van der Waals surface area contributed by atoms with Gasteiger partial charge in [-0.2, -0.15) is 0 Å². The van der Waals surface area contributed by atoms with Crippen molar-refractivity contribution in [3.63, 3.8) is 0 Å². The molecule has 1 aromatic heterocycles. The fourth-order valence-corrected chi connectivity index (χ4v) is 5.09. The summed E-state index contributed by atoms with van der Waals surface area (Å²) in [6.07, 6.45) is 2.61. The number of rotatable bonds is 2. The zero-order valence-electron chi connectivity index (χ0n) is 14.3. The largest absolute Gasteiger partial charge is 0.383 e. The van der Waals surface area contributed by atoms with Gasteiger partial charge in [-0.3, -0.25) is 4.79 Å². The molecule has 2 saturated carbocycles. The number of primary amides is 1. The summed E-state index contributed by atoms with van der Waals surface area (Å²) < 4.78 is 0. The maximum atomic E-state index is 12.0. The molecule has 2 aromatic rings. The van der Waals surface area contributed by atoms with Crippen molar-refractivity contribution < 1.29 is 9.90 Å². The molecule has 0 aliphatic heterocycles. The third-order valence-corrected chi connectivity index (χ3v) is 7.09. The molecule has 3 N–H and O–H groups in total. The van der Waals surface area contributed by atoms with Gasteiger partial charge in [0.2, 0.25) is 0 Å². The van der Waals surface area contributed by atoms with Crippen LogP contribution in [0.5, 0.6) is 0 Å². The molecule has 0 spiro atoms. The predicted molar refractivity (Wildman–Crippen MR) is 91.2 cm³/mol. The second kappa shape index (κ2) is 4.54. The van der Waals surface area contributed by atoms with Crippen molar-refractivity contribution in [2.75, 3.05) is 0 Å². The zero-order chi connectivity index (χ0) is 17.3. The lowest BCUT2D eigenvalue weighted by molar-refractivity contribution is -0.0991. The van der Waals surface area contributed by atoms with Crippen LogP contribution in [0.2, 0.25) is 0 Å². The molecule has 1 amide bonds. The minimum absolute atomic E-state index is 0.0238. The van der Waals surface area contributed by atoms with Gasteiger partial charge in [0.15, 0.2) is 5.69 Å². The number of para-hydroxylation sites is 2. The summed E-state index contributed by atoms with van der Waals surface area (Å²) >= 11 is 0. The minimum atomic E-state index is -1.18. The summed E-state index contributed by atoms with van der Waals surface area (Å²) in [7, 11) is 0. The molecule has 2 aliphatic carbocycles. The highest BCUT2D eigenvalue weighted by atomic mass is 16.3. The number of hydrogen-bond donors (Lipinski definition) is 2. The van der Waals surface area contributed by atoms with Crippen molar-refractivity contribution in [2.45, 2.75) is 45.6 Å². The molecule has 0 unspecified atom stereocenters. The summed E-state index contributed by atoms with van der Waals surface area (Å²) in [5.74, 6) is -0.234. The molecule has 2 fully saturated rings. The highest BCUT2D eigenvalue weighted by molar-refractivity contribution is 5.94. The molecule has 2 bridgehead atoms. The molecule has 3 atom stereocenters. The van der Waals surface area contributed by atoms with Crippen LogP contribution in [0.1, 0.15) is 56.2 Å². The summed E-state index contributed by atoms with van der Waals surface area (Å²) in [6.45, 7) is 6.53. The monoisotopic (exact) mass is 325 g/mol. The van der Waals surface area contributed by atoms with Crippen molar-refractivity contribution in [2.24, 2.45) is 22.5 Å². The number of aromatic nitrogens is 2. The van der Waals surface area contributed by atoms with Crippen LogP contribution in [0.4, 0.5) is 0 Å². The quantitative estimate of drug-likeness (QED) is 0.888. The number of carbonyl (C=O) groups excluding carboxylic acids is 1. The van der Waals surface area contributed by atoms with E-state index in [0.717, 1.165) is 12.8 Å². The van der Waals surface area contributed by atoms with Gasteiger partial charge in [0.25, 0.3) is 5.91 Å². The van der Waals surface area contributed by atoms with E-state index in [0.29, 0.717) is 29.1 Å². The van der Waals surface area contributed by atoms with E-state index in [1.165, 1.54) is 0 Å². The van der Waals surface area contributed by atoms with E-state index in [-0.39, 0.29) is 16.5 Å². The number of hydrogen-bond acceptors (Lipinski definition) is 4. The lowest BCUT2D eigenvalue weighted by Gasteiger charge is -2.45. The second-order valence-electron chi connectivity index (χ2n) is 8.13. The third kappa shape index (κ3) is 1.66. The fourth-order valence-electron chi connectivity index (χ4n) is 5.09. The van der Waals surface area contributed by atoms with Gasteiger partial charge in [0.1, 0.15) is 11.3 Å². The van der Waals surface area contributed by atoms with Crippen LogP contribution in [0.15, 0.2) is 24.3 Å². The zero-order valence-corrected chi connectivity index (χ0v) is 14.3. The molecular formula is C19H23N3O2. The lowest BCUT2D eigenvalue weighted by Crippen LogP contribution is -2.46. The Morgan fingerprint density at radius 2 is 1.83 bits per heavy atom. The summed E-state index contributed by atoms with van der Waals surface area (Å²) in [4.78, 5) is 21.1. The van der Waals surface area contributed by atoms with Gasteiger partial charge in [-0.05, 0) is 42.7 Å². The minimum Gasteiger partial charge on any atom is -0.383 e. The number of fused-ring (bicyclic) bond motifs is 3. The van der Waals surface area contributed by atoms with Gasteiger partial charge in [-0.15, -0.1) is 0 Å². The molecule has 126 valence electrons. The topological polar surface area (TPSA) is 89.1 Å². The van der Waals surface area contributed by atoms with Crippen molar-refractivity contribution in [1.82, 2.24) is 9.97 Å². The first-order valence-corrected chi connectivity index (χ1v) is 8.50. The average Bonchev–Trinajstić information content (AvgIpc) is 2.85. The van der Waals surface area contributed by atoms with E-state index in [2.05, 4.69) is 30.7 Å². The second-order valence-corrected chi connectivity index (χ2v) is 8.13. The third-order valence-electron chi connectivity index (χ3n) is 7.09. The van der Waals surface area contributed by atoms with Crippen molar-refractivity contribution in [1.29, 1.82) is 0 Å². The van der Waals surface area contributed by atoms with Crippen LogP contribution < -0.4 is 5.73 Å². The normalized spacial score (nSPS) is 33.9. The molecule has 5 heteroatoms. The van der Waals surface area contributed by atoms with Crippen LogP contribution in [0.3, 0.4) is 0 Å².